The van der Waals surface area contributed by atoms with E-state index in [-0.39, 0.29) is 36.5 Å². The first-order chi connectivity index (χ1) is 13.7. The van der Waals surface area contributed by atoms with E-state index in [1.165, 1.54) is 6.42 Å². The SMILES string of the molecule is O=C(N[C@H]1CC[C@@H](CCNC(=O)C2CCCCC2)O[C@@H]1CO)c1ccncc1. The van der Waals surface area contributed by atoms with Crippen LogP contribution >= 0.6 is 0 Å². The van der Waals surface area contributed by atoms with Crippen molar-refractivity contribution in [3.8, 4) is 0 Å². The van der Waals surface area contributed by atoms with Crippen LogP contribution in [-0.4, -0.2) is 53.3 Å². The first-order valence-corrected chi connectivity index (χ1v) is 10.4. The molecule has 0 spiro atoms. The maximum atomic E-state index is 12.3. The highest BCUT2D eigenvalue weighted by Crippen LogP contribution is 2.24. The van der Waals surface area contributed by atoms with Crippen LogP contribution in [0.1, 0.15) is 61.7 Å². The molecule has 1 aliphatic carbocycles. The molecule has 1 saturated carbocycles. The number of nitrogens with zero attached hydrogens (tertiary/aromatic N) is 1. The number of aromatic nitrogens is 1. The van der Waals surface area contributed by atoms with Gasteiger partial charge in [0.15, 0.2) is 0 Å². The summed E-state index contributed by atoms with van der Waals surface area (Å²) in [7, 11) is 0. The van der Waals surface area contributed by atoms with Gasteiger partial charge in [0.2, 0.25) is 5.91 Å². The van der Waals surface area contributed by atoms with Crippen LogP contribution in [0.25, 0.3) is 0 Å². The van der Waals surface area contributed by atoms with Crippen molar-refractivity contribution < 1.29 is 19.4 Å². The molecule has 28 heavy (non-hydrogen) atoms. The molecular weight excluding hydrogens is 358 g/mol. The molecule has 2 aliphatic rings. The maximum absolute atomic E-state index is 12.3. The van der Waals surface area contributed by atoms with Gasteiger partial charge in [-0.1, -0.05) is 19.3 Å². The number of aliphatic hydroxyl groups excluding tert-OH is 1. The predicted octanol–water partition coefficient (Wildman–Crippen LogP) is 1.81. The van der Waals surface area contributed by atoms with Crippen molar-refractivity contribution >= 4 is 11.8 Å². The van der Waals surface area contributed by atoms with E-state index in [1.54, 1.807) is 24.5 Å². The van der Waals surface area contributed by atoms with E-state index < -0.39 is 6.10 Å². The van der Waals surface area contributed by atoms with E-state index >= 15 is 0 Å². The highest BCUT2D eigenvalue weighted by molar-refractivity contribution is 5.94. The zero-order valence-electron chi connectivity index (χ0n) is 16.3. The molecule has 1 saturated heterocycles. The first kappa shape index (κ1) is 20.7. The minimum Gasteiger partial charge on any atom is -0.394 e. The summed E-state index contributed by atoms with van der Waals surface area (Å²) >= 11 is 0. The van der Waals surface area contributed by atoms with Crippen molar-refractivity contribution in [2.45, 2.75) is 69.6 Å². The second-order valence-electron chi connectivity index (χ2n) is 7.79. The van der Waals surface area contributed by atoms with Crippen LogP contribution < -0.4 is 10.6 Å². The maximum Gasteiger partial charge on any atom is 0.251 e. The molecule has 3 N–H and O–H groups in total. The Morgan fingerprint density at radius 2 is 1.86 bits per heavy atom. The lowest BCUT2D eigenvalue weighted by atomic mass is 9.88. The Kier molecular flexibility index (Phi) is 7.80. The number of hydrogen-bond acceptors (Lipinski definition) is 5. The summed E-state index contributed by atoms with van der Waals surface area (Å²) < 4.78 is 5.98. The van der Waals surface area contributed by atoms with Gasteiger partial charge in [0.25, 0.3) is 5.91 Å². The van der Waals surface area contributed by atoms with Crippen molar-refractivity contribution in [1.82, 2.24) is 15.6 Å². The fourth-order valence-electron chi connectivity index (χ4n) is 4.13. The number of amides is 2. The third-order valence-corrected chi connectivity index (χ3v) is 5.80. The minimum atomic E-state index is -0.432. The number of carbonyl (C=O) groups excluding carboxylic acids is 2. The second kappa shape index (κ2) is 10.5. The standard InChI is InChI=1S/C21H31N3O4/c25-14-19-18(24-21(27)16-8-11-22-12-9-16)7-6-17(28-19)10-13-23-20(26)15-4-2-1-3-5-15/h8-9,11-12,15,17-19,25H,1-7,10,13-14H2,(H,23,26)(H,24,27)/t17-,18-,19+/m0/s1. The summed E-state index contributed by atoms with van der Waals surface area (Å²) in [6.45, 7) is 0.443. The lowest BCUT2D eigenvalue weighted by molar-refractivity contribution is -0.126. The molecule has 0 aromatic carbocycles. The van der Waals surface area contributed by atoms with E-state index in [4.69, 9.17) is 4.74 Å². The fourth-order valence-corrected chi connectivity index (χ4v) is 4.13. The molecule has 0 unspecified atom stereocenters. The summed E-state index contributed by atoms with van der Waals surface area (Å²) in [5.41, 5.74) is 0.541. The molecule has 7 nitrogen and oxygen atoms in total. The molecule has 0 radical (unpaired) electrons. The number of hydrogen-bond donors (Lipinski definition) is 3. The average molecular weight is 389 g/mol. The lowest BCUT2D eigenvalue weighted by Crippen LogP contribution is -2.51. The van der Waals surface area contributed by atoms with Gasteiger partial charge in [-0.2, -0.15) is 0 Å². The number of pyridine rings is 1. The average Bonchev–Trinajstić information content (AvgIpc) is 2.75. The molecule has 7 heteroatoms. The summed E-state index contributed by atoms with van der Waals surface area (Å²) in [6, 6.07) is 3.09. The van der Waals surface area contributed by atoms with Crippen LogP contribution in [-0.2, 0) is 9.53 Å². The Hall–Kier alpha value is -1.99. The van der Waals surface area contributed by atoms with E-state index in [2.05, 4.69) is 15.6 Å². The summed E-state index contributed by atoms with van der Waals surface area (Å²) in [4.78, 5) is 28.5. The van der Waals surface area contributed by atoms with E-state index in [0.29, 0.717) is 12.1 Å². The van der Waals surface area contributed by atoms with Crippen LogP contribution in [0, 0.1) is 5.92 Å². The van der Waals surface area contributed by atoms with Gasteiger partial charge in [0, 0.05) is 30.4 Å². The Morgan fingerprint density at radius 1 is 1.11 bits per heavy atom. The van der Waals surface area contributed by atoms with Crippen LogP contribution in [0.2, 0.25) is 0 Å². The topological polar surface area (TPSA) is 101 Å². The number of rotatable bonds is 7. The molecule has 0 bridgehead atoms. The highest BCUT2D eigenvalue weighted by Gasteiger charge is 2.32. The van der Waals surface area contributed by atoms with Crippen LogP contribution in [0.15, 0.2) is 24.5 Å². The molecule has 2 heterocycles. The third kappa shape index (κ3) is 5.75. The molecule has 3 rings (SSSR count). The van der Waals surface area contributed by atoms with Crippen molar-refractivity contribution in [3.63, 3.8) is 0 Å². The van der Waals surface area contributed by atoms with Gasteiger partial charge < -0.3 is 20.5 Å². The van der Waals surface area contributed by atoms with Crippen LogP contribution in [0.3, 0.4) is 0 Å². The van der Waals surface area contributed by atoms with E-state index in [0.717, 1.165) is 44.9 Å². The smallest absolute Gasteiger partial charge is 0.251 e. The third-order valence-electron chi connectivity index (χ3n) is 5.80. The van der Waals surface area contributed by atoms with Crippen molar-refractivity contribution in [1.29, 1.82) is 0 Å². The Labute approximate surface area is 166 Å². The molecule has 3 atom stereocenters. The normalized spacial score (nSPS) is 25.8. The Balaban J connectivity index is 1.41. The quantitative estimate of drug-likeness (QED) is 0.660. The van der Waals surface area contributed by atoms with E-state index in [1.807, 2.05) is 0 Å². The monoisotopic (exact) mass is 389 g/mol. The number of carbonyl (C=O) groups is 2. The van der Waals surface area contributed by atoms with Crippen LogP contribution in [0.5, 0.6) is 0 Å². The van der Waals surface area contributed by atoms with E-state index in [9.17, 15) is 14.7 Å². The zero-order valence-corrected chi connectivity index (χ0v) is 16.3. The highest BCUT2D eigenvalue weighted by atomic mass is 16.5. The first-order valence-electron chi connectivity index (χ1n) is 10.4. The Morgan fingerprint density at radius 3 is 2.57 bits per heavy atom. The van der Waals surface area contributed by atoms with Crippen molar-refractivity contribution in [3.05, 3.63) is 30.1 Å². The number of ether oxygens (including phenoxy) is 1. The predicted molar refractivity (Wildman–Crippen MR) is 105 cm³/mol. The number of aliphatic hydroxyl groups is 1. The minimum absolute atomic E-state index is 0.0158. The van der Waals surface area contributed by atoms with Gasteiger partial charge in [0.05, 0.1) is 18.8 Å². The van der Waals surface area contributed by atoms with Gasteiger partial charge in [-0.3, -0.25) is 14.6 Å². The van der Waals surface area contributed by atoms with Gasteiger partial charge in [0.1, 0.15) is 6.10 Å². The molecule has 154 valence electrons. The van der Waals surface area contributed by atoms with Gasteiger partial charge in [-0.25, -0.2) is 0 Å². The van der Waals surface area contributed by atoms with Crippen LogP contribution in [0.4, 0.5) is 0 Å². The summed E-state index contributed by atoms with van der Waals surface area (Å²) in [6.07, 6.45) is 10.5. The molecule has 1 aliphatic heterocycles. The van der Waals surface area contributed by atoms with Crippen molar-refractivity contribution in [2.24, 2.45) is 5.92 Å². The van der Waals surface area contributed by atoms with Gasteiger partial charge in [-0.15, -0.1) is 0 Å². The van der Waals surface area contributed by atoms with Gasteiger partial charge in [-0.05, 0) is 44.2 Å². The molecule has 2 fully saturated rings. The summed E-state index contributed by atoms with van der Waals surface area (Å²) in [5, 5.41) is 15.7. The molecule has 1 aromatic heterocycles. The fraction of sp³-hybridized carbons (Fsp3) is 0.667. The van der Waals surface area contributed by atoms with Crippen molar-refractivity contribution in [2.75, 3.05) is 13.2 Å². The Bertz CT molecular complexity index is 634. The molecule has 2 amide bonds. The largest absolute Gasteiger partial charge is 0.394 e. The van der Waals surface area contributed by atoms with Gasteiger partial charge >= 0.3 is 0 Å². The molecular formula is C21H31N3O4. The second-order valence-corrected chi connectivity index (χ2v) is 7.79. The zero-order chi connectivity index (χ0) is 19.8. The lowest BCUT2D eigenvalue weighted by Gasteiger charge is -2.36. The number of nitrogens with one attached hydrogen (secondary N) is 2. The molecule has 1 aromatic rings. The summed E-state index contributed by atoms with van der Waals surface area (Å²) in [5.74, 6) is 0.142.